The van der Waals surface area contributed by atoms with Gasteiger partial charge in [-0.05, 0) is 43.6 Å². The van der Waals surface area contributed by atoms with Crippen LogP contribution in [0, 0.1) is 16.7 Å². The Morgan fingerprint density at radius 1 is 1.19 bits per heavy atom. The third kappa shape index (κ3) is 4.86. The van der Waals surface area contributed by atoms with Crippen LogP contribution >= 0.6 is 0 Å². The molecule has 5 atom stereocenters. The lowest BCUT2D eigenvalue weighted by atomic mass is 9.48. The zero-order valence-corrected chi connectivity index (χ0v) is 19.2. The summed E-state index contributed by atoms with van der Waals surface area (Å²) >= 11 is 0. The maximum absolute atomic E-state index is 11.9. The summed E-state index contributed by atoms with van der Waals surface area (Å²) < 4.78 is 16.3. The van der Waals surface area contributed by atoms with E-state index in [1.54, 1.807) is 6.08 Å². The van der Waals surface area contributed by atoms with Crippen LogP contribution in [-0.4, -0.2) is 48.4 Å². The van der Waals surface area contributed by atoms with Gasteiger partial charge in [-0.25, -0.2) is 4.79 Å². The molecule has 172 valence electrons. The van der Waals surface area contributed by atoms with Crippen molar-refractivity contribution < 1.29 is 33.7 Å². The van der Waals surface area contributed by atoms with Crippen LogP contribution in [0.4, 0.5) is 0 Å². The molecule has 1 heterocycles. The number of hydrogen-bond donors (Lipinski definition) is 1. The van der Waals surface area contributed by atoms with Crippen molar-refractivity contribution in [2.45, 2.75) is 78.9 Å². The van der Waals surface area contributed by atoms with Gasteiger partial charge in [0, 0.05) is 37.7 Å². The molecule has 0 aromatic carbocycles. The van der Waals surface area contributed by atoms with Crippen molar-refractivity contribution in [3.8, 4) is 0 Å². The Labute approximate surface area is 183 Å². The largest absolute Gasteiger partial charge is 0.465 e. The van der Waals surface area contributed by atoms with E-state index < -0.39 is 16.9 Å². The van der Waals surface area contributed by atoms with Crippen molar-refractivity contribution in [3.63, 3.8) is 0 Å². The van der Waals surface area contributed by atoms with Crippen LogP contribution in [-0.2, 0) is 28.6 Å². The van der Waals surface area contributed by atoms with E-state index in [1.807, 2.05) is 6.92 Å². The van der Waals surface area contributed by atoms with Gasteiger partial charge < -0.3 is 19.3 Å². The number of aliphatic hydroxyl groups excluding tert-OH is 1. The minimum absolute atomic E-state index is 0.110. The van der Waals surface area contributed by atoms with Crippen LogP contribution in [0.3, 0.4) is 0 Å². The molecule has 0 unspecified atom stereocenters. The molecular formula is C24H34O7. The highest BCUT2D eigenvalue weighted by Crippen LogP contribution is 2.61. The summed E-state index contributed by atoms with van der Waals surface area (Å²) in [4.78, 5) is 34.9. The highest BCUT2D eigenvalue weighted by Gasteiger charge is 2.59. The summed E-state index contributed by atoms with van der Waals surface area (Å²) in [6.07, 6.45) is 3.71. The first kappa shape index (κ1) is 23.5. The fourth-order valence-corrected chi connectivity index (χ4v) is 6.40. The van der Waals surface area contributed by atoms with Crippen LogP contribution < -0.4 is 0 Å². The Kier molecular flexibility index (Phi) is 6.65. The Hall–Kier alpha value is -2.15. The zero-order chi connectivity index (χ0) is 23.0. The number of fused-ring (bicyclic) bond motifs is 1. The number of carbonyl (C=O) groups is 3. The average molecular weight is 435 g/mol. The van der Waals surface area contributed by atoms with Crippen LogP contribution in [0.1, 0.15) is 66.7 Å². The van der Waals surface area contributed by atoms with E-state index in [0.29, 0.717) is 32.3 Å². The van der Waals surface area contributed by atoms with Crippen LogP contribution in [0.5, 0.6) is 0 Å². The van der Waals surface area contributed by atoms with Gasteiger partial charge in [-0.2, -0.15) is 0 Å². The molecule has 1 saturated carbocycles. The summed E-state index contributed by atoms with van der Waals surface area (Å²) in [6.45, 7) is 9.48. The van der Waals surface area contributed by atoms with E-state index in [4.69, 9.17) is 14.2 Å². The number of rotatable bonds is 6. The molecule has 7 nitrogen and oxygen atoms in total. The van der Waals surface area contributed by atoms with Gasteiger partial charge in [-0.3, -0.25) is 9.59 Å². The van der Waals surface area contributed by atoms with E-state index in [1.165, 1.54) is 19.4 Å². The molecule has 1 fully saturated rings. The number of aliphatic hydroxyl groups is 1. The predicted molar refractivity (Wildman–Crippen MR) is 113 cm³/mol. The maximum Gasteiger partial charge on any atom is 0.331 e. The number of hydrogen-bond acceptors (Lipinski definition) is 7. The second-order valence-corrected chi connectivity index (χ2v) is 9.91. The Bertz CT molecular complexity index is 826. The Morgan fingerprint density at radius 2 is 1.90 bits per heavy atom. The average Bonchev–Trinajstić information content (AvgIpc) is 3.03. The molecular weight excluding hydrogens is 400 g/mol. The molecule has 1 aliphatic heterocycles. The molecule has 3 rings (SSSR count). The van der Waals surface area contributed by atoms with Gasteiger partial charge >= 0.3 is 17.9 Å². The monoisotopic (exact) mass is 434 g/mol. The quantitative estimate of drug-likeness (QED) is 0.389. The lowest BCUT2D eigenvalue weighted by Gasteiger charge is -2.59. The molecule has 1 N–H and O–H groups in total. The third-order valence-corrected chi connectivity index (χ3v) is 7.22. The van der Waals surface area contributed by atoms with Crippen molar-refractivity contribution in [2.75, 3.05) is 13.2 Å². The fourth-order valence-electron chi connectivity index (χ4n) is 6.40. The molecule has 0 aromatic heterocycles. The minimum atomic E-state index is -0.559. The highest BCUT2D eigenvalue weighted by atomic mass is 16.5. The summed E-state index contributed by atoms with van der Waals surface area (Å²) in [5.41, 5.74) is 2.37. The van der Waals surface area contributed by atoms with Gasteiger partial charge in [0.05, 0.1) is 12.7 Å². The van der Waals surface area contributed by atoms with Crippen molar-refractivity contribution >= 4 is 17.9 Å². The van der Waals surface area contributed by atoms with E-state index in [9.17, 15) is 19.5 Å². The summed E-state index contributed by atoms with van der Waals surface area (Å²) in [5.74, 6) is -1.12. The van der Waals surface area contributed by atoms with Gasteiger partial charge in [0.1, 0.15) is 12.7 Å². The second kappa shape index (κ2) is 8.77. The highest BCUT2D eigenvalue weighted by molar-refractivity contribution is 5.85. The third-order valence-electron chi connectivity index (χ3n) is 7.22. The zero-order valence-electron chi connectivity index (χ0n) is 19.2. The van der Waals surface area contributed by atoms with Gasteiger partial charge in [-0.15, -0.1) is 0 Å². The molecule has 0 radical (unpaired) electrons. The molecule has 0 bridgehead atoms. The van der Waals surface area contributed by atoms with Crippen molar-refractivity contribution in [1.82, 2.24) is 0 Å². The number of ether oxygens (including phenoxy) is 3. The summed E-state index contributed by atoms with van der Waals surface area (Å²) in [6, 6.07) is 0. The van der Waals surface area contributed by atoms with Crippen molar-refractivity contribution in [3.05, 3.63) is 22.8 Å². The molecule has 2 aliphatic carbocycles. The first-order valence-electron chi connectivity index (χ1n) is 11.0. The molecule has 0 amide bonds. The molecule has 0 saturated heterocycles. The minimum Gasteiger partial charge on any atom is -0.465 e. The maximum atomic E-state index is 11.9. The van der Waals surface area contributed by atoms with Crippen LogP contribution in [0.25, 0.3) is 0 Å². The standard InChI is InChI=1S/C24H34O7/c1-14-8-20(31-16(3)26)22-23(4,13-30-15(2)25)10-18(27)11-24(22,5)19(14)7-6-17-9-21(28)29-12-17/h9,18,20,22,27H,6-8,10-13H2,1-5H3/t18-,20-,22+,23+,24+/m0/s1. The van der Waals surface area contributed by atoms with Gasteiger partial charge in [-0.1, -0.05) is 25.0 Å². The number of carbonyl (C=O) groups excluding carboxylic acids is 3. The molecule has 3 aliphatic rings. The van der Waals surface area contributed by atoms with Gasteiger partial charge in [0.2, 0.25) is 0 Å². The van der Waals surface area contributed by atoms with E-state index in [2.05, 4.69) is 13.8 Å². The van der Waals surface area contributed by atoms with E-state index in [-0.39, 0.29) is 36.5 Å². The second-order valence-electron chi connectivity index (χ2n) is 9.91. The van der Waals surface area contributed by atoms with Gasteiger partial charge in [0.15, 0.2) is 0 Å². The smallest absolute Gasteiger partial charge is 0.331 e. The number of allylic oxidation sites excluding steroid dienone is 1. The van der Waals surface area contributed by atoms with E-state index in [0.717, 1.165) is 17.6 Å². The Balaban J connectivity index is 1.98. The molecule has 31 heavy (non-hydrogen) atoms. The van der Waals surface area contributed by atoms with Crippen molar-refractivity contribution in [2.24, 2.45) is 16.7 Å². The first-order valence-corrected chi connectivity index (χ1v) is 11.0. The number of cyclic esters (lactones) is 1. The fraction of sp³-hybridized carbons (Fsp3) is 0.708. The Morgan fingerprint density at radius 3 is 2.48 bits per heavy atom. The van der Waals surface area contributed by atoms with Gasteiger partial charge in [0.25, 0.3) is 0 Å². The summed E-state index contributed by atoms with van der Waals surface area (Å²) in [7, 11) is 0. The molecule has 0 aromatic rings. The lowest BCUT2D eigenvalue weighted by molar-refractivity contribution is -0.179. The normalized spacial score (nSPS) is 35.2. The topological polar surface area (TPSA) is 99.1 Å². The van der Waals surface area contributed by atoms with E-state index >= 15 is 0 Å². The van der Waals surface area contributed by atoms with Crippen LogP contribution in [0.15, 0.2) is 22.8 Å². The van der Waals surface area contributed by atoms with Crippen molar-refractivity contribution in [1.29, 1.82) is 0 Å². The van der Waals surface area contributed by atoms with Crippen LogP contribution in [0.2, 0.25) is 0 Å². The predicted octanol–water partition coefficient (Wildman–Crippen LogP) is 3.25. The summed E-state index contributed by atoms with van der Waals surface area (Å²) in [5, 5.41) is 10.9. The molecule has 7 heteroatoms. The molecule has 0 spiro atoms. The number of esters is 3. The first-order chi connectivity index (χ1) is 14.4. The SMILES string of the molecule is CC(=O)OC[C@@]1(C)C[C@H](O)C[C@]2(C)C(CCC3=CC(=O)OC3)=C(C)C[C@H](OC(C)=O)[C@H]12. The lowest BCUT2D eigenvalue weighted by Crippen LogP contribution is -2.58.